The number of nitrogens with one attached hydrogen (secondary N) is 1. The Bertz CT molecular complexity index is 974. The lowest BCUT2D eigenvalue weighted by Gasteiger charge is -2.10. The highest BCUT2D eigenvalue weighted by Crippen LogP contribution is 2.31. The Morgan fingerprint density at radius 1 is 1.23 bits per heavy atom. The number of benzene rings is 1. The first-order chi connectivity index (χ1) is 12.5. The number of carbonyl (C=O) groups is 1. The van der Waals surface area contributed by atoms with Crippen molar-refractivity contribution in [3.63, 3.8) is 0 Å². The van der Waals surface area contributed by atoms with Crippen molar-refractivity contribution in [2.75, 3.05) is 5.32 Å². The number of aromatic nitrogens is 3. The van der Waals surface area contributed by atoms with Crippen LogP contribution in [-0.2, 0) is 19.9 Å². The molecule has 1 aliphatic carbocycles. The van der Waals surface area contributed by atoms with Gasteiger partial charge in [0.1, 0.15) is 11.5 Å². The van der Waals surface area contributed by atoms with Crippen LogP contribution in [-0.4, -0.2) is 20.7 Å². The fourth-order valence-corrected chi connectivity index (χ4v) is 4.28. The van der Waals surface area contributed by atoms with Gasteiger partial charge in [-0.2, -0.15) is 5.10 Å². The smallest absolute Gasteiger partial charge is 0.275 e. The molecular weight excluding hydrogens is 351 g/mol. The maximum atomic E-state index is 13.1. The second-order valence-electron chi connectivity index (χ2n) is 6.49. The maximum absolute atomic E-state index is 13.1. The highest BCUT2D eigenvalue weighted by Gasteiger charge is 2.24. The van der Waals surface area contributed by atoms with Crippen LogP contribution < -0.4 is 5.32 Å². The van der Waals surface area contributed by atoms with E-state index in [0.717, 1.165) is 53.1 Å². The fourth-order valence-electron chi connectivity index (χ4n) is 3.45. The molecule has 2 heterocycles. The van der Waals surface area contributed by atoms with Crippen molar-refractivity contribution < 1.29 is 9.18 Å². The van der Waals surface area contributed by atoms with Crippen LogP contribution in [0.4, 0.5) is 9.52 Å². The number of thiazole rings is 1. The fraction of sp³-hybridized carbons (Fsp3) is 0.316. The van der Waals surface area contributed by atoms with Crippen molar-refractivity contribution in [3.8, 4) is 11.3 Å². The summed E-state index contributed by atoms with van der Waals surface area (Å²) in [5.41, 5.74) is 4.31. The molecule has 0 bridgehead atoms. The lowest BCUT2D eigenvalue weighted by Crippen LogP contribution is -2.18. The standard InChI is InChI=1S/C19H19FN4OS/c1-11-16(12-7-9-13(20)10-8-12)21-19(26-11)22-18(25)17-14-5-3-4-6-15(14)23-24(17)2/h7-10H,3-6H2,1-2H3,(H,21,22,25). The maximum Gasteiger partial charge on any atom is 0.275 e. The summed E-state index contributed by atoms with van der Waals surface area (Å²) in [5.74, 6) is -0.460. The predicted molar refractivity (Wildman–Crippen MR) is 100 cm³/mol. The lowest BCUT2D eigenvalue weighted by molar-refractivity contribution is 0.101. The molecule has 134 valence electrons. The van der Waals surface area contributed by atoms with E-state index in [0.29, 0.717) is 10.8 Å². The van der Waals surface area contributed by atoms with Crippen molar-refractivity contribution in [1.82, 2.24) is 14.8 Å². The Morgan fingerprint density at radius 2 is 1.96 bits per heavy atom. The molecule has 0 aliphatic heterocycles. The third-order valence-corrected chi connectivity index (χ3v) is 5.55. The van der Waals surface area contributed by atoms with E-state index in [9.17, 15) is 9.18 Å². The number of rotatable bonds is 3. The number of fused-ring (bicyclic) bond motifs is 1. The molecule has 0 spiro atoms. The summed E-state index contributed by atoms with van der Waals surface area (Å²) >= 11 is 1.42. The van der Waals surface area contributed by atoms with E-state index in [1.807, 2.05) is 14.0 Å². The van der Waals surface area contributed by atoms with E-state index in [1.54, 1.807) is 16.8 Å². The minimum Gasteiger partial charge on any atom is -0.296 e. The van der Waals surface area contributed by atoms with Gasteiger partial charge in [-0.05, 0) is 56.9 Å². The first kappa shape index (κ1) is 16.9. The molecule has 0 saturated carbocycles. The van der Waals surface area contributed by atoms with Crippen molar-refractivity contribution >= 4 is 22.4 Å². The SMILES string of the molecule is Cc1sc(NC(=O)c2c3c(nn2C)CCCC3)nc1-c1ccc(F)cc1. The number of aryl methyl sites for hydroxylation is 3. The van der Waals surface area contributed by atoms with Crippen LogP contribution >= 0.6 is 11.3 Å². The van der Waals surface area contributed by atoms with Gasteiger partial charge in [-0.25, -0.2) is 9.37 Å². The van der Waals surface area contributed by atoms with Crippen molar-refractivity contribution in [3.05, 3.63) is 51.9 Å². The quantitative estimate of drug-likeness (QED) is 0.754. The molecule has 4 rings (SSSR count). The summed E-state index contributed by atoms with van der Waals surface area (Å²) in [6, 6.07) is 6.21. The largest absolute Gasteiger partial charge is 0.296 e. The van der Waals surface area contributed by atoms with Crippen LogP contribution in [0.15, 0.2) is 24.3 Å². The number of nitrogens with zero attached hydrogens (tertiary/aromatic N) is 3. The average molecular weight is 370 g/mol. The zero-order chi connectivity index (χ0) is 18.3. The topological polar surface area (TPSA) is 59.8 Å². The van der Waals surface area contributed by atoms with Crippen LogP contribution in [0.3, 0.4) is 0 Å². The van der Waals surface area contributed by atoms with Gasteiger partial charge >= 0.3 is 0 Å². The zero-order valence-electron chi connectivity index (χ0n) is 14.7. The lowest BCUT2D eigenvalue weighted by atomic mass is 9.96. The highest BCUT2D eigenvalue weighted by molar-refractivity contribution is 7.16. The van der Waals surface area contributed by atoms with Gasteiger partial charge in [-0.1, -0.05) is 0 Å². The summed E-state index contributed by atoms with van der Waals surface area (Å²) in [4.78, 5) is 18.3. The van der Waals surface area contributed by atoms with Gasteiger partial charge in [0.2, 0.25) is 0 Å². The molecule has 0 saturated heterocycles. The molecular formula is C19H19FN4OS. The van der Waals surface area contributed by atoms with E-state index in [2.05, 4.69) is 15.4 Å². The zero-order valence-corrected chi connectivity index (χ0v) is 15.5. The minimum atomic E-state index is -0.281. The molecule has 1 aliphatic rings. The Hall–Kier alpha value is -2.54. The first-order valence-electron chi connectivity index (χ1n) is 8.62. The summed E-state index contributed by atoms with van der Waals surface area (Å²) in [7, 11) is 1.81. The Morgan fingerprint density at radius 3 is 2.73 bits per heavy atom. The van der Waals surface area contributed by atoms with Crippen LogP contribution in [0.2, 0.25) is 0 Å². The molecule has 1 aromatic carbocycles. The minimum absolute atomic E-state index is 0.178. The van der Waals surface area contributed by atoms with E-state index in [4.69, 9.17) is 0 Å². The molecule has 3 aromatic rings. The molecule has 26 heavy (non-hydrogen) atoms. The number of carbonyl (C=O) groups excluding carboxylic acids is 1. The molecule has 0 radical (unpaired) electrons. The molecule has 1 amide bonds. The second-order valence-corrected chi connectivity index (χ2v) is 7.69. The van der Waals surface area contributed by atoms with Crippen molar-refractivity contribution in [1.29, 1.82) is 0 Å². The predicted octanol–water partition coefficient (Wildman–Crippen LogP) is 4.12. The van der Waals surface area contributed by atoms with E-state index in [-0.39, 0.29) is 11.7 Å². The number of halogens is 1. The second kappa shape index (κ2) is 6.64. The summed E-state index contributed by atoms with van der Waals surface area (Å²) in [5, 5.41) is 7.95. The van der Waals surface area contributed by atoms with Gasteiger partial charge in [0.05, 0.1) is 11.4 Å². The van der Waals surface area contributed by atoms with Gasteiger partial charge in [0, 0.05) is 23.1 Å². The van der Waals surface area contributed by atoms with Crippen LogP contribution in [0.25, 0.3) is 11.3 Å². The molecule has 0 fully saturated rings. The number of hydrogen-bond acceptors (Lipinski definition) is 4. The average Bonchev–Trinajstić information content (AvgIpc) is 3.14. The third-order valence-electron chi connectivity index (χ3n) is 4.67. The van der Waals surface area contributed by atoms with Gasteiger partial charge in [0.15, 0.2) is 5.13 Å². The molecule has 7 heteroatoms. The normalized spacial score (nSPS) is 13.5. The van der Waals surface area contributed by atoms with Crippen LogP contribution in [0.5, 0.6) is 0 Å². The van der Waals surface area contributed by atoms with Crippen molar-refractivity contribution in [2.45, 2.75) is 32.6 Å². The summed E-state index contributed by atoms with van der Waals surface area (Å²) < 4.78 is 14.8. The highest BCUT2D eigenvalue weighted by atomic mass is 32.1. The van der Waals surface area contributed by atoms with Crippen LogP contribution in [0.1, 0.15) is 39.5 Å². The molecule has 0 unspecified atom stereocenters. The van der Waals surface area contributed by atoms with E-state index in [1.165, 1.54) is 23.5 Å². The van der Waals surface area contributed by atoms with Gasteiger partial charge in [-0.15, -0.1) is 11.3 Å². The molecule has 0 atom stereocenters. The van der Waals surface area contributed by atoms with E-state index < -0.39 is 0 Å². The van der Waals surface area contributed by atoms with Gasteiger partial charge in [-0.3, -0.25) is 14.8 Å². The summed E-state index contributed by atoms with van der Waals surface area (Å²) in [6.07, 6.45) is 4.03. The number of anilines is 1. The molecule has 5 nitrogen and oxygen atoms in total. The third kappa shape index (κ3) is 3.03. The van der Waals surface area contributed by atoms with Crippen LogP contribution in [0, 0.1) is 12.7 Å². The Kier molecular flexibility index (Phi) is 4.32. The van der Waals surface area contributed by atoms with Gasteiger partial charge in [0.25, 0.3) is 5.91 Å². The Labute approximate surface area is 154 Å². The Balaban J connectivity index is 1.60. The summed E-state index contributed by atoms with van der Waals surface area (Å²) in [6.45, 7) is 1.94. The molecule has 2 aromatic heterocycles. The molecule has 1 N–H and O–H groups in total. The number of amides is 1. The van der Waals surface area contributed by atoms with E-state index >= 15 is 0 Å². The van der Waals surface area contributed by atoms with Gasteiger partial charge < -0.3 is 0 Å². The monoisotopic (exact) mass is 370 g/mol. The van der Waals surface area contributed by atoms with Crippen molar-refractivity contribution in [2.24, 2.45) is 7.05 Å². The first-order valence-corrected chi connectivity index (χ1v) is 9.44. The number of hydrogen-bond donors (Lipinski definition) is 1.